The van der Waals surface area contributed by atoms with Crippen LogP contribution < -0.4 is 10.9 Å². The molecule has 0 aliphatic rings. The number of benzene rings is 2. The average Bonchev–Trinajstić information content (AvgIpc) is 3.23. The lowest BCUT2D eigenvalue weighted by molar-refractivity contribution is -0.118. The number of fused-ring (bicyclic) bond motifs is 2. The molecule has 0 fully saturated rings. The standard InChI is InChI=1S/C21H19N3O3S/c1-2-24-20(26)17-10-14-6-3-4-7-15(14)11-18(17)23-21(24)28-13-19(25)22-12-16-8-5-9-27-16/h3-11H,2,12-13H2,1H3,(H,22,25). The van der Waals surface area contributed by atoms with Crippen molar-refractivity contribution in [2.75, 3.05) is 5.75 Å². The zero-order chi connectivity index (χ0) is 19.5. The number of furan rings is 1. The molecule has 142 valence electrons. The predicted octanol–water partition coefficient (Wildman–Crippen LogP) is 3.57. The molecule has 4 aromatic rings. The van der Waals surface area contributed by atoms with E-state index < -0.39 is 0 Å². The van der Waals surface area contributed by atoms with Crippen LogP contribution in [0.3, 0.4) is 0 Å². The number of aromatic nitrogens is 2. The summed E-state index contributed by atoms with van der Waals surface area (Å²) in [4.78, 5) is 29.8. The van der Waals surface area contributed by atoms with E-state index >= 15 is 0 Å². The van der Waals surface area contributed by atoms with Gasteiger partial charge < -0.3 is 9.73 Å². The average molecular weight is 393 g/mol. The lowest BCUT2D eigenvalue weighted by atomic mass is 10.1. The number of hydrogen-bond donors (Lipinski definition) is 1. The van der Waals surface area contributed by atoms with E-state index in [2.05, 4.69) is 10.3 Å². The predicted molar refractivity (Wildman–Crippen MR) is 110 cm³/mol. The van der Waals surface area contributed by atoms with Crippen LogP contribution in [0.5, 0.6) is 0 Å². The van der Waals surface area contributed by atoms with Crippen molar-refractivity contribution in [2.45, 2.75) is 25.2 Å². The van der Waals surface area contributed by atoms with E-state index in [4.69, 9.17) is 4.42 Å². The lowest BCUT2D eigenvalue weighted by Crippen LogP contribution is -2.26. The highest BCUT2D eigenvalue weighted by molar-refractivity contribution is 7.99. The lowest BCUT2D eigenvalue weighted by Gasteiger charge is -2.12. The van der Waals surface area contributed by atoms with Crippen LogP contribution in [-0.4, -0.2) is 21.2 Å². The zero-order valence-corrected chi connectivity index (χ0v) is 16.2. The van der Waals surface area contributed by atoms with Crippen molar-refractivity contribution in [1.29, 1.82) is 0 Å². The molecule has 0 aliphatic carbocycles. The Kier molecular flexibility index (Phi) is 5.16. The number of rotatable bonds is 6. The van der Waals surface area contributed by atoms with Gasteiger partial charge in [-0.1, -0.05) is 36.0 Å². The summed E-state index contributed by atoms with van der Waals surface area (Å²) in [6, 6.07) is 15.3. The second kappa shape index (κ2) is 7.90. The quantitative estimate of drug-likeness (QED) is 0.308. The number of carbonyl (C=O) groups excluding carboxylic acids is 1. The molecule has 0 atom stereocenters. The van der Waals surface area contributed by atoms with Crippen molar-refractivity contribution >= 4 is 39.3 Å². The fraction of sp³-hybridized carbons (Fsp3) is 0.190. The first-order valence-corrected chi connectivity index (χ1v) is 9.99. The molecule has 0 spiro atoms. The summed E-state index contributed by atoms with van der Waals surface area (Å²) < 4.78 is 6.82. The molecule has 0 radical (unpaired) electrons. The summed E-state index contributed by atoms with van der Waals surface area (Å²) in [5.74, 6) is 0.725. The van der Waals surface area contributed by atoms with Crippen LogP contribution in [-0.2, 0) is 17.9 Å². The SMILES string of the molecule is CCn1c(SCC(=O)NCc2ccco2)nc2cc3ccccc3cc2c1=O. The fourth-order valence-electron chi connectivity index (χ4n) is 3.06. The van der Waals surface area contributed by atoms with Gasteiger partial charge in [0.25, 0.3) is 5.56 Å². The van der Waals surface area contributed by atoms with Gasteiger partial charge in [-0.3, -0.25) is 14.2 Å². The monoisotopic (exact) mass is 393 g/mol. The van der Waals surface area contributed by atoms with Crippen molar-refractivity contribution in [2.24, 2.45) is 0 Å². The Morgan fingerprint density at radius 2 is 1.96 bits per heavy atom. The second-order valence-electron chi connectivity index (χ2n) is 6.31. The van der Waals surface area contributed by atoms with Gasteiger partial charge in [-0.25, -0.2) is 4.98 Å². The second-order valence-corrected chi connectivity index (χ2v) is 7.25. The van der Waals surface area contributed by atoms with E-state index in [-0.39, 0.29) is 17.2 Å². The highest BCUT2D eigenvalue weighted by atomic mass is 32.2. The van der Waals surface area contributed by atoms with E-state index in [0.29, 0.717) is 34.9 Å². The molecule has 0 saturated heterocycles. The van der Waals surface area contributed by atoms with Gasteiger partial charge >= 0.3 is 0 Å². The normalized spacial score (nSPS) is 11.2. The minimum atomic E-state index is -0.142. The molecule has 2 aromatic heterocycles. The molecule has 2 aromatic carbocycles. The molecule has 6 nitrogen and oxygen atoms in total. The molecular weight excluding hydrogens is 374 g/mol. The Morgan fingerprint density at radius 1 is 1.18 bits per heavy atom. The first-order valence-electron chi connectivity index (χ1n) is 9.01. The zero-order valence-electron chi connectivity index (χ0n) is 15.3. The highest BCUT2D eigenvalue weighted by Crippen LogP contribution is 2.22. The van der Waals surface area contributed by atoms with Crippen LogP contribution in [0.4, 0.5) is 0 Å². The Morgan fingerprint density at radius 3 is 2.68 bits per heavy atom. The summed E-state index contributed by atoms with van der Waals surface area (Å²) in [6.45, 7) is 2.73. The Labute approximate surface area is 165 Å². The maximum absolute atomic E-state index is 12.9. The van der Waals surface area contributed by atoms with Crippen molar-refractivity contribution in [3.8, 4) is 0 Å². The van der Waals surface area contributed by atoms with Crippen molar-refractivity contribution < 1.29 is 9.21 Å². The molecule has 0 unspecified atom stereocenters. The summed E-state index contributed by atoms with van der Waals surface area (Å²) >= 11 is 1.26. The fourth-order valence-corrected chi connectivity index (χ4v) is 3.95. The molecule has 0 saturated carbocycles. The summed E-state index contributed by atoms with van der Waals surface area (Å²) in [5, 5.41) is 5.97. The summed E-state index contributed by atoms with van der Waals surface area (Å²) in [5.41, 5.74) is 0.559. The van der Waals surface area contributed by atoms with Crippen LogP contribution >= 0.6 is 11.8 Å². The number of nitrogens with zero attached hydrogens (tertiary/aromatic N) is 2. The van der Waals surface area contributed by atoms with E-state index in [9.17, 15) is 9.59 Å². The molecule has 1 amide bonds. The molecule has 2 heterocycles. The first-order chi connectivity index (χ1) is 13.7. The molecule has 0 bridgehead atoms. The molecule has 28 heavy (non-hydrogen) atoms. The van der Waals surface area contributed by atoms with Crippen LogP contribution in [0.1, 0.15) is 12.7 Å². The van der Waals surface area contributed by atoms with Crippen LogP contribution in [0.25, 0.3) is 21.7 Å². The Balaban J connectivity index is 1.59. The first kappa shape index (κ1) is 18.3. The smallest absolute Gasteiger partial charge is 0.262 e. The van der Waals surface area contributed by atoms with E-state index in [1.54, 1.807) is 23.0 Å². The minimum Gasteiger partial charge on any atom is -0.467 e. The maximum Gasteiger partial charge on any atom is 0.262 e. The van der Waals surface area contributed by atoms with Gasteiger partial charge in [-0.15, -0.1) is 0 Å². The molecule has 4 rings (SSSR count). The third-order valence-corrected chi connectivity index (χ3v) is 5.45. The largest absolute Gasteiger partial charge is 0.467 e. The van der Waals surface area contributed by atoms with E-state index in [1.807, 2.05) is 43.3 Å². The van der Waals surface area contributed by atoms with Gasteiger partial charge in [-0.05, 0) is 42.0 Å². The van der Waals surface area contributed by atoms with Crippen molar-refractivity contribution in [1.82, 2.24) is 14.9 Å². The van der Waals surface area contributed by atoms with Crippen molar-refractivity contribution in [3.63, 3.8) is 0 Å². The number of carbonyl (C=O) groups is 1. The number of nitrogens with one attached hydrogen (secondary N) is 1. The van der Waals surface area contributed by atoms with Crippen molar-refractivity contribution in [3.05, 3.63) is 70.9 Å². The minimum absolute atomic E-state index is 0.0863. The Bertz CT molecular complexity index is 1200. The number of amides is 1. The number of thioether (sulfide) groups is 1. The molecule has 0 aliphatic heterocycles. The topological polar surface area (TPSA) is 77.1 Å². The Hall–Kier alpha value is -3.06. The van der Waals surface area contributed by atoms with E-state index in [1.165, 1.54) is 11.8 Å². The van der Waals surface area contributed by atoms with Crippen LogP contribution in [0, 0.1) is 0 Å². The third kappa shape index (κ3) is 3.66. The van der Waals surface area contributed by atoms with Gasteiger partial charge in [-0.2, -0.15) is 0 Å². The van der Waals surface area contributed by atoms with Gasteiger partial charge in [0.05, 0.1) is 29.5 Å². The van der Waals surface area contributed by atoms with Crippen LogP contribution in [0.15, 0.2) is 69.2 Å². The van der Waals surface area contributed by atoms with E-state index in [0.717, 1.165) is 10.8 Å². The molecule has 7 heteroatoms. The maximum atomic E-state index is 12.9. The van der Waals surface area contributed by atoms with Gasteiger partial charge in [0.1, 0.15) is 5.76 Å². The van der Waals surface area contributed by atoms with Gasteiger partial charge in [0.2, 0.25) is 5.91 Å². The summed E-state index contributed by atoms with van der Waals surface area (Å²) in [6.07, 6.45) is 1.57. The van der Waals surface area contributed by atoms with Gasteiger partial charge in [0.15, 0.2) is 5.16 Å². The van der Waals surface area contributed by atoms with Gasteiger partial charge in [0, 0.05) is 6.54 Å². The van der Waals surface area contributed by atoms with Crippen LogP contribution in [0.2, 0.25) is 0 Å². The third-order valence-electron chi connectivity index (χ3n) is 4.48. The summed E-state index contributed by atoms with van der Waals surface area (Å²) in [7, 11) is 0. The highest BCUT2D eigenvalue weighted by Gasteiger charge is 2.13. The molecular formula is C21H19N3O3S. The molecule has 1 N–H and O–H groups in total. The number of hydrogen-bond acceptors (Lipinski definition) is 5.